The Labute approximate surface area is 223 Å². The number of hydrogen-bond acceptors (Lipinski definition) is 4. The highest BCUT2D eigenvalue weighted by molar-refractivity contribution is 6.30. The molecular formula is C31H34ClN2O3+. The van der Waals surface area contributed by atoms with Gasteiger partial charge < -0.3 is 19.2 Å². The van der Waals surface area contributed by atoms with E-state index >= 15 is 0 Å². The Kier molecular flexibility index (Phi) is 8.06. The summed E-state index contributed by atoms with van der Waals surface area (Å²) in [6.45, 7) is 5.48. The maximum atomic E-state index is 12.0. The Hall–Kier alpha value is -2.96. The molecule has 4 aromatic rings. The largest absolute Gasteiger partial charge is 0.436 e. The molecular weight excluding hydrogens is 484 g/mol. The average Bonchev–Trinajstić information content (AvgIpc) is 3.42. The van der Waals surface area contributed by atoms with Crippen LogP contribution in [0.25, 0.3) is 0 Å². The smallest absolute Gasteiger partial charge is 0.236 e. The molecule has 6 heteroatoms. The molecule has 2 heterocycles. The molecule has 5 rings (SSSR count). The number of hydrogen-bond donors (Lipinski definition) is 2. The van der Waals surface area contributed by atoms with Crippen LogP contribution in [0.5, 0.6) is 0 Å². The Morgan fingerprint density at radius 2 is 1.65 bits per heavy atom. The molecule has 1 aliphatic heterocycles. The number of nitrogens with one attached hydrogen (secondary N) is 1. The Morgan fingerprint density at radius 3 is 2.27 bits per heavy atom. The minimum atomic E-state index is -1.46. The summed E-state index contributed by atoms with van der Waals surface area (Å²) in [5.74, 6) is 1.60. The molecule has 1 aliphatic rings. The molecule has 192 valence electrons. The zero-order valence-electron chi connectivity index (χ0n) is 21.1. The number of aliphatic hydroxyl groups is 1. The maximum absolute atomic E-state index is 12.0. The fourth-order valence-corrected chi connectivity index (χ4v) is 5.44. The van der Waals surface area contributed by atoms with Gasteiger partial charge in [0.15, 0.2) is 11.4 Å². The molecule has 1 aromatic heterocycles. The van der Waals surface area contributed by atoms with Gasteiger partial charge >= 0.3 is 0 Å². The SMILES string of the molecule is CCC1CC[NH+](Cc2cnc(C(O)(c3ccccc3)c3ccccc3)o2)CC1OCc1ccc(Cl)cc1. The number of piperidine rings is 1. The molecule has 0 saturated carbocycles. The minimum Gasteiger partial charge on any atom is -0.436 e. The van der Waals surface area contributed by atoms with Crippen molar-refractivity contribution in [3.05, 3.63) is 124 Å². The fourth-order valence-electron chi connectivity index (χ4n) is 5.31. The summed E-state index contributed by atoms with van der Waals surface area (Å²) in [5, 5.41) is 12.7. The maximum Gasteiger partial charge on any atom is 0.236 e. The van der Waals surface area contributed by atoms with Crippen LogP contribution in [-0.4, -0.2) is 29.3 Å². The second kappa shape index (κ2) is 11.6. The van der Waals surface area contributed by atoms with E-state index in [2.05, 4.69) is 11.9 Å². The standard InChI is InChI=1S/C31H33ClN2O3/c1-2-24-17-18-34(21-29(24)36-22-23-13-15-27(32)16-14-23)20-28-19-33-30(37-28)31(35,25-9-5-3-6-10-25)26-11-7-4-8-12-26/h3-16,19,24,29,35H,2,17-18,20-22H2,1H3/p+1. The molecule has 3 aromatic carbocycles. The molecule has 1 fully saturated rings. The number of benzene rings is 3. The molecule has 0 bridgehead atoms. The average molecular weight is 518 g/mol. The third-order valence-corrected chi connectivity index (χ3v) is 7.71. The predicted octanol–water partition coefficient (Wildman–Crippen LogP) is 5.01. The van der Waals surface area contributed by atoms with Gasteiger partial charge in [0.25, 0.3) is 0 Å². The number of nitrogens with zero attached hydrogens (tertiary/aromatic N) is 1. The van der Waals surface area contributed by atoms with E-state index in [-0.39, 0.29) is 6.10 Å². The van der Waals surface area contributed by atoms with Crippen molar-refractivity contribution in [1.82, 2.24) is 4.98 Å². The predicted molar refractivity (Wildman–Crippen MR) is 144 cm³/mol. The van der Waals surface area contributed by atoms with Crippen LogP contribution in [0.4, 0.5) is 0 Å². The van der Waals surface area contributed by atoms with E-state index in [1.807, 2.05) is 84.9 Å². The molecule has 0 radical (unpaired) electrons. The van der Waals surface area contributed by atoms with Crippen molar-refractivity contribution in [3.63, 3.8) is 0 Å². The molecule has 0 amide bonds. The quantitative estimate of drug-likeness (QED) is 0.327. The van der Waals surface area contributed by atoms with Gasteiger partial charge in [0.2, 0.25) is 5.89 Å². The number of aromatic nitrogens is 1. The van der Waals surface area contributed by atoms with Gasteiger partial charge in [-0.2, -0.15) is 0 Å². The van der Waals surface area contributed by atoms with Gasteiger partial charge in [-0.05, 0) is 34.7 Å². The van der Waals surface area contributed by atoms with Crippen molar-refractivity contribution in [2.24, 2.45) is 5.92 Å². The molecule has 5 nitrogen and oxygen atoms in total. The second-order valence-electron chi connectivity index (χ2n) is 9.89. The summed E-state index contributed by atoms with van der Waals surface area (Å²) in [6, 6.07) is 27.0. The number of oxazole rings is 1. The van der Waals surface area contributed by atoms with E-state index < -0.39 is 5.60 Å². The molecule has 0 aliphatic carbocycles. The third-order valence-electron chi connectivity index (χ3n) is 7.46. The van der Waals surface area contributed by atoms with Crippen molar-refractivity contribution in [1.29, 1.82) is 0 Å². The van der Waals surface area contributed by atoms with Crippen LogP contribution in [0.2, 0.25) is 5.02 Å². The van der Waals surface area contributed by atoms with Gasteiger partial charge in [-0.25, -0.2) is 4.98 Å². The Morgan fingerprint density at radius 1 is 1.00 bits per heavy atom. The first-order valence-electron chi connectivity index (χ1n) is 13.0. The van der Waals surface area contributed by atoms with E-state index in [1.54, 1.807) is 6.20 Å². The van der Waals surface area contributed by atoms with Crippen LogP contribution < -0.4 is 4.90 Å². The molecule has 2 N–H and O–H groups in total. The normalized spacial score (nSPS) is 20.1. The lowest BCUT2D eigenvalue weighted by molar-refractivity contribution is -0.924. The minimum absolute atomic E-state index is 0.178. The molecule has 3 atom stereocenters. The van der Waals surface area contributed by atoms with Gasteiger partial charge in [-0.3, -0.25) is 0 Å². The second-order valence-corrected chi connectivity index (χ2v) is 10.3. The highest BCUT2D eigenvalue weighted by Gasteiger charge is 2.39. The summed E-state index contributed by atoms with van der Waals surface area (Å²) >= 11 is 6.03. The Balaban J connectivity index is 1.31. The fraction of sp³-hybridized carbons (Fsp3) is 0.323. The summed E-state index contributed by atoms with van der Waals surface area (Å²) in [5.41, 5.74) is 1.12. The first-order valence-corrected chi connectivity index (χ1v) is 13.4. The van der Waals surface area contributed by atoms with Crippen molar-refractivity contribution < 1.29 is 19.2 Å². The van der Waals surface area contributed by atoms with E-state index in [4.69, 9.17) is 20.8 Å². The van der Waals surface area contributed by atoms with Gasteiger partial charge in [-0.1, -0.05) is 97.7 Å². The first-order chi connectivity index (χ1) is 18.1. The number of rotatable bonds is 9. The number of ether oxygens (including phenoxy) is 1. The van der Waals surface area contributed by atoms with Crippen molar-refractivity contribution >= 4 is 11.6 Å². The lowest BCUT2D eigenvalue weighted by Crippen LogP contribution is -3.13. The lowest BCUT2D eigenvalue weighted by Gasteiger charge is -2.35. The van der Waals surface area contributed by atoms with Crippen LogP contribution >= 0.6 is 11.6 Å². The van der Waals surface area contributed by atoms with Crippen LogP contribution in [0.15, 0.2) is 95.5 Å². The molecule has 3 unspecified atom stereocenters. The zero-order valence-corrected chi connectivity index (χ0v) is 21.9. The lowest BCUT2D eigenvalue weighted by atomic mass is 9.86. The summed E-state index contributed by atoms with van der Waals surface area (Å²) in [6.07, 6.45) is 4.15. The van der Waals surface area contributed by atoms with Gasteiger partial charge in [0, 0.05) is 11.4 Å². The molecule has 37 heavy (non-hydrogen) atoms. The van der Waals surface area contributed by atoms with Gasteiger partial charge in [0.05, 0.1) is 19.3 Å². The third kappa shape index (κ3) is 5.81. The molecule has 1 saturated heterocycles. The highest BCUT2D eigenvalue weighted by atomic mass is 35.5. The van der Waals surface area contributed by atoms with Crippen molar-refractivity contribution in [3.8, 4) is 0 Å². The van der Waals surface area contributed by atoms with E-state index in [9.17, 15) is 5.11 Å². The topological polar surface area (TPSA) is 59.9 Å². The summed E-state index contributed by atoms with van der Waals surface area (Å²) in [7, 11) is 0. The summed E-state index contributed by atoms with van der Waals surface area (Å²) < 4.78 is 12.7. The highest BCUT2D eigenvalue weighted by Crippen LogP contribution is 2.36. The molecule has 0 spiro atoms. The van der Waals surface area contributed by atoms with Gasteiger partial charge in [-0.15, -0.1) is 0 Å². The monoisotopic (exact) mass is 517 g/mol. The van der Waals surface area contributed by atoms with Crippen LogP contribution in [0.3, 0.4) is 0 Å². The first kappa shape index (κ1) is 25.7. The van der Waals surface area contributed by atoms with Crippen molar-refractivity contribution in [2.75, 3.05) is 13.1 Å². The number of quaternary nitrogens is 1. The van der Waals surface area contributed by atoms with Crippen LogP contribution in [0, 0.1) is 5.92 Å². The zero-order chi connectivity index (χ0) is 25.7. The van der Waals surface area contributed by atoms with E-state index in [0.717, 1.165) is 53.4 Å². The van der Waals surface area contributed by atoms with Crippen molar-refractivity contribution in [2.45, 2.75) is 44.6 Å². The van der Waals surface area contributed by atoms with Crippen LogP contribution in [-0.2, 0) is 23.5 Å². The van der Waals surface area contributed by atoms with E-state index in [0.29, 0.717) is 25.0 Å². The Bertz CT molecular complexity index is 1220. The van der Waals surface area contributed by atoms with E-state index in [1.165, 1.54) is 4.90 Å². The van der Waals surface area contributed by atoms with Crippen LogP contribution in [0.1, 0.15) is 48.1 Å². The summed E-state index contributed by atoms with van der Waals surface area (Å²) in [4.78, 5) is 5.97. The number of likely N-dealkylation sites (tertiary alicyclic amines) is 1. The number of halogens is 1. The van der Waals surface area contributed by atoms with Gasteiger partial charge in [0.1, 0.15) is 19.2 Å².